The van der Waals surface area contributed by atoms with Crippen LogP contribution in [0.3, 0.4) is 0 Å². The van der Waals surface area contributed by atoms with E-state index in [1.54, 1.807) is 0 Å². The van der Waals surface area contributed by atoms with Crippen LogP contribution in [0.5, 0.6) is 0 Å². The van der Waals surface area contributed by atoms with Crippen LogP contribution in [0.4, 0.5) is 0 Å². The number of allylic oxidation sites excluding steroid dienone is 4. The van der Waals surface area contributed by atoms with Gasteiger partial charge in [0, 0.05) is 11.1 Å². The van der Waals surface area contributed by atoms with Crippen LogP contribution >= 0.6 is 0 Å². The molecule has 2 rings (SSSR count). The highest BCUT2D eigenvalue weighted by atomic mass is 15.3. The van der Waals surface area contributed by atoms with Gasteiger partial charge in [-0.15, -0.1) is 0 Å². The Morgan fingerprint density at radius 2 is 0.795 bits per heavy atom. The lowest BCUT2D eigenvalue weighted by Gasteiger charge is -2.39. The third-order valence-corrected chi connectivity index (χ3v) is 8.01. The predicted molar refractivity (Wildman–Crippen MR) is 174 cm³/mol. The summed E-state index contributed by atoms with van der Waals surface area (Å²) in [6.07, 6.45) is 30.8. The maximum absolute atomic E-state index is 2.45. The molecular formula is C38H60N+. The predicted octanol–water partition coefficient (Wildman–Crippen LogP) is 11.6. The van der Waals surface area contributed by atoms with Crippen molar-refractivity contribution in [3.63, 3.8) is 0 Å². The van der Waals surface area contributed by atoms with Gasteiger partial charge in [-0.3, -0.25) is 0 Å². The van der Waals surface area contributed by atoms with Crippen molar-refractivity contribution in [1.29, 1.82) is 0 Å². The minimum absolute atomic E-state index is 1.14. The molecule has 0 atom stereocenters. The fourth-order valence-corrected chi connectivity index (χ4v) is 5.69. The largest absolute Gasteiger partial charge is 0.316 e. The molecule has 39 heavy (non-hydrogen) atoms. The summed E-state index contributed by atoms with van der Waals surface area (Å²) in [5, 5.41) is 0. The van der Waals surface area contributed by atoms with E-state index in [1.807, 2.05) is 0 Å². The first-order chi connectivity index (χ1) is 19.3. The molecule has 0 unspecified atom stereocenters. The summed E-state index contributed by atoms with van der Waals surface area (Å²) in [6, 6.07) is 22.5. The van der Waals surface area contributed by atoms with E-state index in [9.17, 15) is 0 Å². The smallest absolute Gasteiger partial charge is 0.105 e. The molecule has 2 aromatic rings. The molecule has 0 aliphatic heterocycles. The van der Waals surface area contributed by atoms with E-state index in [-0.39, 0.29) is 0 Å². The number of benzene rings is 2. The minimum atomic E-state index is 1.14. The first-order valence-electron chi connectivity index (χ1n) is 16.5. The fraction of sp³-hybridized carbons (Fsp3) is 0.579. The summed E-state index contributed by atoms with van der Waals surface area (Å²) < 4.78 is 1.18. The van der Waals surface area contributed by atoms with Crippen molar-refractivity contribution in [3.8, 4) is 0 Å². The van der Waals surface area contributed by atoms with E-state index < -0.39 is 0 Å². The number of quaternary nitrogens is 1. The highest BCUT2D eigenvalue weighted by molar-refractivity contribution is 5.15. The zero-order valence-electron chi connectivity index (χ0n) is 25.7. The Bertz CT molecular complexity index is 777. The molecule has 2 aromatic carbocycles. The number of hydrogen-bond donors (Lipinski definition) is 0. The van der Waals surface area contributed by atoms with E-state index in [0.717, 1.165) is 13.1 Å². The Morgan fingerprint density at radius 3 is 1.15 bits per heavy atom. The van der Waals surface area contributed by atoms with Gasteiger partial charge in [-0.05, 0) is 64.2 Å². The van der Waals surface area contributed by atoms with Crippen LogP contribution in [0.2, 0.25) is 0 Å². The third kappa shape index (κ3) is 16.6. The van der Waals surface area contributed by atoms with Crippen molar-refractivity contribution in [2.75, 3.05) is 13.1 Å². The second-order valence-electron chi connectivity index (χ2n) is 11.7. The molecule has 0 N–H and O–H groups in total. The molecule has 0 bridgehead atoms. The van der Waals surface area contributed by atoms with Gasteiger partial charge in [-0.2, -0.15) is 0 Å². The lowest BCUT2D eigenvalue weighted by molar-refractivity contribution is -0.954. The van der Waals surface area contributed by atoms with Gasteiger partial charge in [-0.25, -0.2) is 0 Å². The Morgan fingerprint density at radius 1 is 0.436 bits per heavy atom. The second kappa shape index (κ2) is 22.7. The second-order valence-corrected chi connectivity index (χ2v) is 11.7. The molecule has 0 saturated heterocycles. The minimum Gasteiger partial charge on any atom is -0.316 e. The maximum Gasteiger partial charge on any atom is 0.105 e. The lowest BCUT2D eigenvalue weighted by atomic mass is 10.1. The van der Waals surface area contributed by atoms with E-state index >= 15 is 0 Å². The normalized spacial score (nSPS) is 12.2. The van der Waals surface area contributed by atoms with Crippen LogP contribution in [-0.4, -0.2) is 17.6 Å². The highest BCUT2D eigenvalue weighted by Crippen LogP contribution is 2.23. The van der Waals surface area contributed by atoms with Crippen LogP contribution in [0, 0.1) is 0 Å². The number of rotatable bonds is 24. The monoisotopic (exact) mass is 530 g/mol. The van der Waals surface area contributed by atoms with Gasteiger partial charge in [-0.1, -0.05) is 137 Å². The van der Waals surface area contributed by atoms with Crippen molar-refractivity contribution in [1.82, 2.24) is 0 Å². The van der Waals surface area contributed by atoms with Crippen molar-refractivity contribution < 1.29 is 4.48 Å². The van der Waals surface area contributed by atoms with E-state index in [0.29, 0.717) is 0 Å². The molecular weight excluding hydrogens is 470 g/mol. The van der Waals surface area contributed by atoms with Gasteiger partial charge in [0.05, 0.1) is 13.1 Å². The van der Waals surface area contributed by atoms with Gasteiger partial charge < -0.3 is 4.48 Å². The first kappa shape index (κ1) is 33.1. The van der Waals surface area contributed by atoms with Gasteiger partial charge in [0.25, 0.3) is 0 Å². The van der Waals surface area contributed by atoms with Crippen LogP contribution in [0.25, 0.3) is 0 Å². The third-order valence-electron chi connectivity index (χ3n) is 8.01. The van der Waals surface area contributed by atoms with Crippen molar-refractivity contribution in [2.24, 2.45) is 0 Å². The topological polar surface area (TPSA) is 0 Å². The maximum atomic E-state index is 2.45. The molecule has 0 heterocycles. The summed E-state index contributed by atoms with van der Waals surface area (Å²) in [4.78, 5) is 0. The van der Waals surface area contributed by atoms with Gasteiger partial charge in [0.15, 0.2) is 0 Å². The fourth-order valence-electron chi connectivity index (χ4n) is 5.69. The lowest BCUT2D eigenvalue weighted by Crippen LogP contribution is -2.48. The molecule has 0 fully saturated rings. The average Bonchev–Trinajstić information content (AvgIpc) is 2.96. The molecule has 0 radical (unpaired) electrons. The highest BCUT2D eigenvalue weighted by Gasteiger charge is 2.27. The molecule has 0 saturated carbocycles. The summed E-state index contributed by atoms with van der Waals surface area (Å²) >= 11 is 0. The van der Waals surface area contributed by atoms with Crippen LogP contribution < -0.4 is 0 Å². The molecule has 0 amide bonds. The van der Waals surface area contributed by atoms with Gasteiger partial charge >= 0.3 is 0 Å². The van der Waals surface area contributed by atoms with E-state index in [4.69, 9.17) is 0 Å². The first-order valence-corrected chi connectivity index (χ1v) is 16.5. The number of nitrogens with zero attached hydrogens (tertiary/aromatic N) is 1. The Hall–Kier alpha value is -2.12. The zero-order valence-corrected chi connectivity index (χ0v) is 25.7. The quantitative estimate of drug-likeness (QED) is 0.0719. The Kier molecular flexibility index (Phi) is 19.2. The molecule has 0 aromatic heterocycles. The molecule has 0 spiro atoms. The van der Waals surface area contributed by atoms with Crippen molar-refractivity contribution in [3.05, 3.63) is 96.1 Å². The van der Waals surface area contributed by atoms with Crippen molar-refractivity contribution in [2.45, 2.75) is 130 Å². The summed E-state index contributed by atoms with van der Waals surface area (Å²) in [5.74, 6) is 0. The molecule has 0 aliphatic carbocycles. The SMILES string of the molecule is CCCCCC/C=C/CCCC[N+](CCCC/C=C/CCCCCC)(Cc1ccccc1)Cc1ccccc1. The Balaban J connectivity index is 1.95. The summed E-state index contributed by atoms with van der Waals surface area (Å²) in [7, 11) is 0. The van der Waals surface area contributed by atoms with E-state index in [2.05, 4.69) is 98.8 Å². The summed E-state index contributed by atoms with van der Waals surface area (Å²) in [5.41, 5.74) is 2.96. The van der Waals surface area contributed by atoms with Crippen molar-refractivity contribution >= 4 is 0 Å². The number of unbranched alkanes of at least 4 members (excludes halogenated alkanes) is 12. The average molecular weight is 531 g/mol. The Labute approximate surface area is 243 Å². The number of hydrogen-bond acceptors (Lipinski definition) is 0. The van der Waals surface area contributed by atoms with Crippen LogP contribution in [0.15, 0.2) is 85.0 Å². The van der Waals surface area contributed by atoms with Gasteiger partial charge in [0.1, 0.15) is 13.1 Å². The molecule has 1 heteroatoms. The van der Waals surface area contributed by atoms with E-state index in [1.165, 1.54) is 131 Å². The van der Waals surface area contributed by atoms with Crippen LogP contribution in [0.1, 0.15) is 128 Å². The standard InChI is InChI=1S/C38H60N/c1-3-5-7-9-11-13-15-17-19-27-33-39(35-37-29-23-21-24-30-37,36-38-31-25-22-26-32-38)34-28-20-18-16-14-12-10-8-6-4-2/h13-16,21-26,29-32H,3-12,17-20,27-28,33-36H2,1-2H3/q+1/b15-13+,16-14+. The molecule has 0 aliphatic rings. The van der Waals surface area contributed by atoms with Crippen LogP contribution in [-0.2, 0) is 13.1 Å². The molecule has 1 nitrogen and oxygen atoms in total. The molecule has 216 valence electrons. The summed E-state index contributed by atoms with van der Waals surface area (Å²) in [6.45, 7) is 9.38. The zero-order chi connectivity index (χ0) is 27.7. The van der Waals surface area contributed by atoms with Gasteiger partial charge in [0.2, 0.25) is 0 Å².